The van der Waals surface area contributed by atoms with E-state index in [1.165, 1.54) is 0 Å². The molecular weight excluding hydrogens is 290 g/mol. The molecule has 0 saturated carbocycles. The molecule has 0 radical (unpaired) electrons. The van der Waals surface area contributed by atoms with Crippen molar-refractivity contribution >= 4 is 5.88 Å². The first-order chi connectivity index (χ1) is 11.2. The third-order valence-electron chi connectivity index (χ3n) is 5.67. The summed E-state index contributed by atoms with van der Waals surface area (Å²) in [4.78, 5) is 7.25. The summed E-state index contributed by atoms with van der Waals surface area (Å²) in [6.07, 6.45) is 5.17. The number of aryl methyl sites for hydroxylation is 1. The smallest absolute Gasteiger partial charge is 0.223 e. The molecule has 6 nitrogen and oxygen atoms in total. The standard InChI is InChI=1S/C17H23N5O/c1-2-3-4-13-20-14-16(23-13)21-15(19)12(9-18)17(14)10-22-7-5-11(17)6-8-22/h11,21H,2-8,10,19H2,1H3/t17-/m1/s1. The summed E-state index contributed by atoms with van der Waals surface area (Å²) in [6.45, 7) is 5.20. The van der Waals surface area contributed by atoms with Gasteiger partial charge in [-0.1, -0.05) is 13.3 Å². The Morgan fingerprint density at radius 1 is 1.48 bits per heavy atom. The van der Waals surface area contributed by atoms with Gasteiger partial charge >= 0.3 is 0 Å². The molecule has 1 aromatic heterocycles. The third kappa shape index (κ3) is 1.99. The summed E-state index contributed by atoms with van der Waals surface area (Å²) in [5, 5.41) is 12.9. The molecule has 4 aliphatic heterocycles. The summed E-state index contributed by atoms with van der Waals surface area (Å²) in [5.41, 5.74) is 7.36. The Balaban J connectivity index is 1.83. The number of nitrogens with one attached hydrogen (secondary N) is 1. The van der Waals surface area contributed by atoms with Gasteiger partial charge in [-0.3, -0.25) is 0 Å². The number of hydrogen-bond acceptors (Lipinski definition) is 6. The van der Waals surface area contributed by atoms with E-state index in [1.54, 1.807) is 0 Å². The molecule has 0 unspecified atom stereocenters. The van der Waals surface area contributed by atoms with E-state index in [9.17, 15) is 5.26 Å². The maximum absolute atomic E-state index is 9.78. The van der Waals surface area contributed by atoms with Crippen LogP contribution < -0.4 is 11.1 Å². The maximum atomic E-state index is 9.78. The van der Waals surface area contributed by atoms with E-state index in [-0.39, 0.29) is 5.41 Å². The van der Waals surface area contributed by atoms with Crippen LogP contribution in [0.4, 0.5) is 5.88 Å². The van der Waals surface area contributed by atoms with Crippen LogP contribution in [-0.4, -0.2) is 29.5 Å². The highest BCUT2D eigenvalue weighted by Crippen LogP contribution is 2.53. The fourth-order valence-electron chi connectivity index (χ4n) is 4.51. The van der Waals surface area contributed by atoms with Gasteiger partial charge in [-0.05, 0) is 38.3 Å². The molecule has 1 atom stereocenters. The quantitative estimate of drug-likeness (QED) is 0.888. The van der Waals surface area contributed by atoms with Crippen molar-refractivity contribution in [3.8, 4) is 6.07 Å². The topological polar surface area (TPSA) is 91.1 Å². The minimum absolute atomic E-state index is 0.385. The number of anilines is 1. The predicted octanol–water partition coefficient (Wildman–Crippen LogP) is 2.10. The molecule has 4 aliphatic rings. The molecule has 0 aliphatic carbocycles. The third-order valence-corrected chi connectivity index (χ3v) is 5.67. The van der Waals surface area contributed by atoms with Gasteiger partial charge in [0.2, 0.25) is 5.88 Å². The molecular formula is C17H23N5O. The highest BCUT2D eigenvalue weighted by atomic mass is 16.4. The van der Waals surface area contributed by atoms with Crippen molar-refractivity contribution in [1.82, 2.24) is 9.88 Å². The van der Waals surface area contributed by atoms with E-state index in [2.05, 4.69) is 23.2 Å². The lowest BCUT2D eigenvalue weighted by Gasteiger charge is -2.53. The van der Waals surface area contributed by atoms with E-state index in [0.717, 1.165) is 63.3 Å². The van der Waals surface area contributed by atoms with Crippen LogP contribution in [0.15, 0.2) is 15.8 Å². The first-order valence-corrected chi connectivity index (χ1v) is 8.59. The molecule has 0 amide bonds. The van der Waals surface area contributed by atoms with Gasteiger partial charge in [-0.15, -0.1) is 0 Å². The van der Waals surface area contributed by atoms with Crippen molar-refractivity contribution in [3.63, 3.8) is 0 Å². The number of hydrogen-bond donors (Lipinski definition) is 2. The SMILES string of the molecule is CCCCc1nc2c(o1)NC(N)=C(C#N)[C@]21CN2CCC1CC2. The zero-order valence-electron chi connectivity index (χ0n) is 13.6. The Hall–Kier alpha value is -2.00. The summed E-state index contributed by atoms with van der Waals surface area (Å²) in [7, 11) is 0. The van der Waals surface area contributed by atoms with Crippen LogP contribution >= 0.6 is 0 Å². The molecule has 23 heavy (non-hydrogen) atoms. The molecule has 0 aromatic carbocycles. The minimum Gasteiger partial charge on any atom is -0.425 e. The molecule has 3 fully saturated rings. The van der Waals surface area contributed by atoms with E-state index in [0.29, 0.717) is 23.2 Å². The monoisotopic (exact) mass is 313 g/mol. The van der Waals surface area contributed by atoms with Gasteiger partial charge in [0.15, 0.2) is 5.89 Å². The Kier molecular flexibility index (Phi) is 3.34. The van der Waals surface area contributed by atoms with E-state index < -0.39 is 0 Å². The van der Waals surface area contributed by atoms with Crippen LogP contribution in [0.25, 0.3) is 0 Å². The van der Waals surface area contributed by atoms with Crippen LogP contribution in [0.2, 0.25) is 0 Å². The number of piperidine rings is 3. The lowest BCUT2D eigenvalue weighted by molar-refractivity contribution is 0.0422. The second-order valence-electron chi connectivity index (χ2n) is 6.94. The predicted molar refractivity (Wildman–Crippen MR) is 86.4 cm³/mol. The minimum atomic E-state index is -0.385. The fourth-order valence-corrected chi connectivity index (χ4v) is 4.51. The van der Waals surface area contributed by atoms with Crippen LogP contribution in [0.5, 0.6) is 0 Å². The maximum Gasteiger partial charge on any atom is 0.223 e. The van der Waals surface area contributed by atoms with Gasteiger partial charge in [0.1, 0.15) is 11.5 Å². The lowest BCUT2D eigenvalue weighted by Crippen LogP contribution is -2.59. The first kappa shape index (κ1) is 14.6. The Morgan fingerprint density at radius 2 is 2.26 bits per heavy atom. The molecule has 1 aromatic rings. The highest BCUT2D eigenvalue weighted by molar-refractivity contribution is 5.62. The number of fused-ring (bicyclic) bond motifs is 3. The number of rotatable bonds is 3. The molecule has 5 rings (SSSR count). The van der Waals surface area contributed by atoms with Crippen LogP contribution in [0.3, 0.4) is 0 Å². The Morgan fingerprint density at radius 3 is 2.87 bits per heavy atom. The van der Waals surface area contributed by atoms with Crippen molar-refractivity contribution in [1.29, 1.82) is 5.26 Å². The number of unbranched alkanes of at least 4 members (excludes halogenated alkanes) is 1. The van der Waals surface area contributed by atoms with Crippen molar-refractivity contribution in [2.24, 2.45) is 11.7 Å². The summed E-state index contributed by atoms with van der Waals surface area (Å²) in [6, 6.07) is 2.38. The second-order valence-corrected chi connectivity index (χ2v) is 6.94. The molecule has 6 heteroatoms. The number of aromatic nitrogens is 1. The molecule has 3 saturated heterocycles. The zero-order chi connectivity index (χ0) is 16.0. The second kappa shape index (κ2) is 5.27. The number of nitriles is 1. The molecule has 122 valence electrons. The number of nitrogens with zero attached hydrogens (tertiary/aromatic N) is 3. The average molecular weight is 313 g/mol. The van der Waals surface area contributed by atoms with Gasteiger partial charge in [-0.25, -0.2) is 4.98 Å². The van der Waals surface area contributed by atoms with Crippen molar-refractivity contribution < 1.29 is 4.42 Å². The molecule has 5 heterocycles. The average Bonchev–Trinajstić information content (AvgIpc) is 2.98. The fraction of sp³-hybridized carbons (Fsp3) is 0.647. The highest BCUT2D eigenvalue weighted by Gasteiger charge is 2.56. The largest absolute Gasteiger partial charge is 0.425 e. The number of oxazole rings is 1. The van der Waals surface area contributed by atoms with Gasteiger partial charge < -0.3 is 20.4 Å². The van der Waals surface area contributed by atoms with Gasteiger partial charge in [0.25, 0.3) is 0 Å². The van der Waals surface area contributed by atoms with Crippen molar-refractivity contribution in [2.75, 3.05) is 25.0 Å². The van der Waals surface area contributed by atoms with Crippen molar-refractivity contribution in [3.05, 3.63) is 23.0 Å². The van der Waals surface area contributed by atoms with Crippen LogP contribution in [0.1, 0.15) is 44.2 Å². The van der Waals surface area contributed by atoms with E-state index in [1.807, 2.05) is 0 Å². The first-order valence-electron chi connectivity index (χ1n) is 8.59. The number of nitrogens with two attached hydrogens (primary N) is 1. The van der Waals surface area contributed by atoms with Gasteiger partial charge in [0, 0.05) is 13.0 Å². The van der Waals surface area contributed by atoms with Gasteiger partial charge in [0.05, 0.1) is 17.1 Å². The summed E-state index contributed by atoms with van der Waals surface area (Å²) >= 11 is 0. The van der Waals surface area contributed by atoms with E-state index in [4.69, 9.17) is 15.1 Å². The van der Waals surface area contributed by atoms with Crippen molar-refractivity contribution in [2.45, 2.75) is 44.4 Å². The molecule has 3 N–H and O–H groups in total. The summed E-state index contributed by atoms with van der Waals surface area (Å²) in [5.74, 6) is 2.27. The zero-order valence-corrected chi connectivity index (χ0v) is 13.6. The molecule has 1 spiro atoms. The lowest BCUT2D eigenvalue weighted by atomic mass is 9.60. The summed E-state index contributed by atoms with van der Waals surface area (Å²) < 4.78 is 5.94. The normalized spacial score (nSPS) is 31.8. The van der Waals surface area contributed by atoms with E-state index >= 15 is 0 Å². The van der Waals surface area contributed by atoms with Crippen LogP contribution in [0, 0.1) is 17.2 Å². The van der Waals surface area contributed by atoms with Gasteiger partial charge in [-0.2, -0.15) is 5.26 Å². The molecule has 2 bridgehead atoms. The van der Waals surface area contributed by atoms with Crippen LogP contribution in [-0.2, 0) is 11.8 Å². The Labute approximate surface area is 136 Å². The Bertz CT molecular complexity index is 692.